The number of nitrogens with zero attached hydrogens (tertiary/aromatic N) is 2. The monoisotopic (exact) mass is 228 g/mol. The highest BCUT2D eigenvalue weighted by atomic mass is 16.3. The van der Waals surface area contributed by atoms with E-state index < -0.39 is 0 Å². The van der Waals surface area contributed by atoms with Gasteiger partial charge in [-0.05, 0) is 26.2 Å². The number of aliphatic hydroxyl groups is 1. The molecule has 92 valence electrons. The summed E-state index contributed by atoms with van der Waals surface area (Å²) >= 11 is 0. The van der Waals surface area contributed by atoms with E-state index in [0.717, 1.165) is 19.3 Å². The van der Waals surface area contributed by atoms with Gasteiger partial charge in [-0.3, -0.25) is 9.59 Å². The lowest BCUT2D eigenvalue weighted by molar-refractivity contribution is -0.155. The van der Waals surface area contributed by atoms with Crippen molar-refractivity contribution in [2.75, 3.05) is 32.8 Å². The molecule has 0 spiro atoms. The zero-order valence-corrected chi connectivity index (χ0v) is 9.81. The maximum Gasteiger partial charge on any atom is 0.312 e. The summed E-state index contributed by atoms with van der Waals surface area (Å²) in [5, 5.41) is 8.62. The van der Waals surface area contributed by atoms with Crippen LogP contribution in [0.3, 0.4) is 0 Å². The van der Waals surface area contributed by atoms with Crippen molar-refractivity contribution >= 4 is 11.8 Å². The molecule has 0 aromatic heterocycles. The largest absolute Gasteiger partial charge is 0.396 e. The zero-order chi connectivity index (χ0) is 12.0. The fourth-order valence-corrected chi connectivity index (χ4v) is 1.82. The van der Waals surface area contributed by atoms with Gasteiger partial charge in [0, 0.05) is 32.8 Å². The van der Waals surface area contributed by atoms with Crippen LogP contribution < -0.4 is 0 Å². The molecule has 0 saturated carbocycles. The van der Waals surface area contributed by atoms with Gasteiger partial charge in [0.25, 0.3) is 0 Å². The van der Waals surface area contributed by atoms with Crippen LogP contribution in [0.4, 0.5) is 0 Å². The quantitative estimate of drug-likeness (QED) is 0.507. The predicted octanol–water partition coefficient (Wildman–Crippen LogP) is -0.160. The normalized spacial score (nSPS) is 17.1. The van der Waals surface area contributed by atoms with Crippen LogP contribution in [-0.2, 0) is 9.59 Å². The average Bonchev–Trinajstić information content (AvgIpc) is 2.30. The summed E-state index contributed by atoms with van der Waals surface area (Å²) in [7, 11) is 0. The number of unbranched alkanes of at least 4 members (excludes halogenated alkanes) is 2. The van der Waals surface area contributed by atoms with Crippen molar-refractivity contribution in [3.8, 4) is 0 Å². The average molecular weight is 228 g/mol. The van der Waals surface area contributed by atoms with Crippen LogP contribution in [0.1, 0.15) is 26.2 Å². The lowest BCUT2D eigenvalue weighted by atomic mass is 10.2. The van der Waals surface area contributed by atoms with Gasteiger partial charge in [0.05, 0.1) is 0 Å². The van der Waals surface area contributed by atoms with E-state index in [4.69, 9.17) is 5.11 Å². The second-order valence-corrected chi connectivity index (χ2v) is 3.96. The molecule has 1 saturated heterocycles. The molecular formula is C11H20N2O3. The first-order valence-corrected chi connectivity index (χ1v) is 5.89. The summed E-state index contributed by atoms with van der Waals surface area (Å²) < 4.78 is 0. The minimum Gasteiger partial charge on any atom is -0.396 e. The molecule has 2 amide bonds. The van der Waals surface area contributed by atoms with Gasteiger partial charge in [0.15, 0.2) is 0 Å². The fourth-order valence-electron chi connectivity index (χ4n) is 1.82. The van der Waals surface area contributed by atoms with Crippen molar-refractivity contribution < 1.29 is 14.7 Å². The summed E-state index contributed by atoms with van der Waals surface area (Å²) in [6.45, 7) is 4.57. The van der Waals surface area contributed by atoms with E-state index in [1.165, 1.54) is 0 Å². The SMILES string of the molecule is CCN1CCN(CCCCCO)C(=O)C1=O. The zero-order valence-electron chi connectivity index (χ0n) is 9.81. The summed E-state index contributed by atoms with van der Waals surface area (Å²) in [5.74, 6) is -0.756. The first kappa shape index (κ1) is 13.0. The Labute approximate surface area is 96.0 Å². The van der Waals surface area contributed by atoms with Gasteiger partial charge in [0.2, 0.25) is 0 Å². The minimum atomic E-state index is -0.379. The Hall–Kier alpha value is -1.10. The van der Waals surface area contributed by atoms with Gasteiger partial charge in [-0.15, -0.1) is 0 Å². The number of hydrogen-bond acceptors (Lipinski definition) is 3. The Bertz CT molecular complexity index is 256. The van der Waals surface area contributed by atoms with Crippen LogP contribution in [0.2, 0.25) is 0 Å². The topological polar surface area (TPSA) is 60.9 Å². The van der Waals surface area contributed by atoms with Crippen molar-refractivity contribution in [1.82, 2.24) is 9.80 Å². The van der Waals surface area contributed by atoms with Crippen LogP contribution in [0, 0.1) is 0 Å². The van der Waals surface area contributed by atoms with Crippen LogP contribution in [-0.4, -0.2) is 59.5 Å². The molecule has 0 aromatic rings. The lowest BCUT2D eigenvalue weighted by Crippen LogP contribution is -2.54. The third-order valence-electron chi connectivity index (χ3n) is 2.87. The maximum absolute atomic E-state index is 11.6. The van der Waals surface area contributed by atoms with Gasteiger partial charge >= 0.3 is 11.8 Å². The Morgan fingerprint density at radius 2 is 1.69 bits per heavy atom. The summed E-state index contributed by atoms with van der Waals surface area (Å²) in [4.78, 5) is 26.4. The van der Waals surface area contributed by atoms with E-state index in [0.29, 0.717) is 26.2 Å². The minimum absolute atomic E-state index is 0.191. The molecule has 0 unspecified atom stereocenters. The van der Waals surface area contributed by atoms with Crippen molar-refractivity contribution in [3.63, 3.8) is 0 Å². The van der Waals surface area contributed by atoms with Gasteiger partial charge in [-0.1, -0.05) is 0 Å². The van der Waals surface area contributed by atoms with Crippen molar-refractivity contribution in [3.05, 3.63) is 0 Å². The predicted molar refractivity (Wildman–Crippen MR) is 59.8 cm³/mol. The summed E-state index contributed by atoms with van der Waals surface area (Å²) in [5.41, 5.74) is 0. The number of piperazine rings is 1. The number of carbonyl (C=O) groups excluding carboxylic acids is 2. The van der Waals surface area contributed by atoms with Gasteiger partial charge < -0.3 is 14.9 Å². The highest BCUT2D eigenvalue weighted by Crippen LogP contribution is 2.06. The van der Waals surface area contributed by atoms with E-state index in [1.54, 1.807) is 9.80 Å². The van der Waals surface area contributed by atoms with Crippen LogP contribution in [0.25, 0.3) is 0 Å². The van der Waals surface area contributed by atoms with Gasteiger partial charge in [-0.25, -0.2) is 0 Å². The van der Waals surface area contributed by atoms with Gasteiger partial charge in [-0.2, -0.15) is 0 Å². The second kappa shape index (κ2) is 6.48. The molecule has 5 nitrogen and oxygen atoms in total. The van der Waals surface area contributed by atoms with E-state index >= 15 is 0 Å². The van der Waals surface area contributed by atoms with E-state index in [9.17, 15) is 9.59 Å². The molecule has 0 aromatic carbocycles. The first-order chi connectivity index (χ1) is 7.70. The smallest absolute Gasteiger partial charge is 0.312 e. The number of carbonyl (C=O) groups is 2. The number of likely N-dealkylation sites (N-methyl/N-ethyl adjacent to an activating group) is 1. The summed E-state index contributed by atoms with van der Waals surface area (Å²) in [6, 6.07) is 0. The summed E-state index contributed by atoms with van der Waals surface area (Å²) in [6.07, 6.45) is 2.51. The standard InChI is InChI=1S/C11H20N2O3/c1-2-12-7-8-13(11(16)10(12)15)6-4-3-5-9-14/h14H,2-9H2,1H3. The van der Waals surface area contributed by atoms with Gasteiger partial charge in [0.1, 0.15) is 0 Å². The van der Waals surface area contributed by atoms with Crippen molar-refractivity contribution in [1.29, 1.82) is 0 Å². The molecule has 0 bridgehead atoms. The van der Waals surface area contributed by atoms with Crippen LogP contribution >= 0.6 is 0 Å². The Balaban J connectivity index is 2.34. The van der Waals surface area contributed by atoms with Crippen LogP contribution in [0.5, 0.6) is 0 Å². The Morgan fingerprint density at radius 3 is 2.31 bits per heavy atom. The molecule has 0 atom stereocenters. The second-order valence-electron chi connectivity index (χ2n) is 3.96. The first-order valence-electron chi connectivity index (χ1n) is 5.89. The third kappa shape index (κ3) is 3.20. The molecule has 0 radical (unpaired) electrons. The molecule has 1 N–H and O–H groups in total. The van der Waals surface area contributed by atoms with E-state index in [1.807, 2.05) is 6.92 Å². The van der Waals surface area contributed by atoms with Crippen LogP contribution in [0.15, 0.2) is 0 Å². The van der Waals surface area contributed by atoms with Crippen molar-refractivity contribution in [2.45, 2.75) is 26.2 Å². The highest BCUT2D eigenvalue weighted by Gasteiger charge is 2.30. The Kier molecular flexibility index (Phi) is 5.25. The highest BCUT2D eigenvalue weighted by molar-refractivity contribution is 6.35. The molecule has 1 heterocycles. The number of rotatable bonds is 6. The molecule has 1 aliphatic rings. The molecule has 1 rings (SSSR count). The molecule has 5 heteroatoms. The number of amides is 2. The third-order valence-corrected chi connectivity index (χ3v) is 2.87. The molecule has 1 fully saturated rings. The molecule has 0 aliphatic carbocycles. The van der Waals surface area contributed by atoms with Crippen molar-refractivity contribution in [2.24, 2.45) is 0 Å². The Morgan fingerprint density at radius 1 is 1.06 bits per heavy atom. The van der Waals surface area contributed by atoms with E-state index in [-0.39, 0.29) is 18.4 Å². The number of aliphatic hydroxyl groups excluding tert-OH is 1. The lowest BCUT2D eigenvalue weighted by Gasteiger charge is -2.33. The molecular weight excluding hydrogens is 208 g/mol. The molecule has 16 heavy (non-hydrogen) atoms. The fraction of sp³-hybridized carbons (Fsp3) is 0.818. The number of hydrogen-bond donors (Lipinski definition) is 1. The van der Waals surface area contributed by atoms with E-state index in [2.05, 4.69) is 0 Å². The molecule has 1 aliphatic heterocycles. The maximum atomic E-state index is 11.6.